The minimum atomic E-state index is -4.16. The molecule has 1 aliphatic rings. The van der Waals surface area contributed by atoms with Gasteiger partial charge in [0.2, 0.25) is 0 Å². The van der Waals surface area contributed by atoms with E-state index in [0.717, 1.165) is 5.56 Å². The van der Waals surface area contributed by atoms with Gasteiger partial charge in [0.15, 0.2) is 0 Å². The van der Waals surface area contributed by atoms with Crippen molar-refractivity contribution in [3.63, 3.8) is 0 Å². The van der Waals surface area contributed by atoms with E-state index < -0.39 is 43.0 Å². The Morgan fingerprint density at radius 2 is 2.10 bits per heavy atom. The molecule has 1 saturated heterocycles. The van der Waals surface area contributed by atoms with Crippen LogP contribution in [0.1, 0.15) is 11.5 Å². The second-order valence-corrected chi connectivity index (χ2v) is 9.55. The number of anilines is 1. The Kier molecular flexibility index (Phi) is 5.99. The number of alkyl halides is 1. The molecule has 160 valence electrons. The third kappa shape index (κ3) is 4.03. The summed E-state index contributed by atoms with van der Waals surface area (Å²) in [6, 6.07) is 9.88. The van der Waals surface area contributed by atoms with Gasteiger partial charge in [0.25, 0.3) is 0 Å². The summed E-state index contributed by atoms with van der Waals surface area (Å²) in [5.41, 5.74) is 1.46. The first kappa shape index (κ1) is 20.7. The van der Waals surface area contributed by atoms with Crippen molar-refractivity contribution in [2.75, 3.05) is 26.0 Å². The van der Waals surface area contributed by atoms with E-state index in [2.05, 4.69) is 25.8 Å². The fraction of sp³-hybridized carbons (Fsp3) is 0.316. The fourth-order valence-electron chi connectivity index (χ4n) is 3.85. The van der Waals surface area contributed by atoms with Crippen molar-refractivity contribution in [3.05, 3.63) is 48.2 Å². The molecule has 0 spiro atoms. The predicted molar refractivity (Wildman–Crippen MR) is 118 cm³/mol. The molecule has 11 heteroatoms. The zero-order valence-corrected chi connectivity index (χ0v) is 18.4. The van der Waals surface area contributed by atoms with E-state index in [4.69, 9.17) is 4.74 Å². The van der Waals surface area contributed by atoms with E-state index in [9.17, 15) is 10.5 Å². The molecule has 4 rings (SSSR count). The van der Waals surface area contributed by atoms with Crippen molar-refractivity contribution < 1.29 is 15.3 Å². The van der Waals surface area contributed by atoms with Crippen LogP contribution in [-0.4, -0.2) is 56.9 Å². The number of fused-ring (bicyclic) bond motifs is 1. The van der Waals surface area contributed by atoms with Gasteiger partial charge in [-0.2, -0.15) is 0 Å². The Hall–Kier alpha value is -2.54. The summed E-state index contributed by atoms with van der Waals surface area (Å²) in [5, 5.41) is 13.0. The molecule has 2 aromatic heterocycles. The molecule has 0 bridgehead atoms. The number of halogens is 3. The average Bonchev–Trinajstić information content (AvgIpc) is 3.28. The zero-order valence-electron chi connectivity index (χ0n) is 16.3. The first-order chi connectivity index (χ1) is 14.5. The summed E-state index contributed by atoms with van der Waals surface area (Å²) >= 11 is -4.16. The maximum atomic E-state index is 13.9. The Labute approximate surface area is 180 Å². The Morgan fingerprint density at radius 3 is 2.80 bits per heavy atom. The summed E-state index contributed by atoms with van der Waals surface area (Å²) in [4.78, 5) is 18.5. The molecule has 3 atom stereocenters. The minimum absolute atomic E-state index is 0.315. The molecule has 1 aromatic carbocycles. The van der Waals surface area contributed by atoms with Gasteiger partial charge in [0, 0.05) is 0 Å². The molecule has 1 fully saturated rings. The van der Waals surface area contributed by atoms with E-state index in [1.807, 2.05) is 30.3 Å². The molecule has 30 heavy (non-hydrogen) atoms. The van der Waals surface area contributed by atoms with Crippen LogP contribution in [0, 0.1) is 0 Å². The normalized spacial score (nSPS) is 22.1. The third-order valence-electron chi connectivity index (χ3n) is 5.15. The van der Waals surface area contributed by atoms with Crippen LogP contribution in [0.3, 0.4) is 0 Å². The molecule has 3 aromatic rings. The third-order valence-corrected chi connectivity index (χ3v) is 7.84. The summed E-state index contributed by atoms with van der Waals surface area (Å²) in [6.07, 6.45) is 1.54. The summed E-state index contributed by atoms with van der Waals surface area (Å²) in [6.45, 7) is 0.351. The first-order valence-electron chi connectivity index (χ1n) is 9.20. The number of hydrogen-bond donors (Lipinski definition) is 3. The molecule has 0 radical (unpaired) electrons. The molecular formula is C19H21F2IN6O2. The number of urea groups is 1. The van der Waals surface area contributed by atoms with Crippen LogP contribution in [0.15, 0.2) is 42.6 Å². The molecule has 2 amide bonds. The average molecular weight is 530 g/mol. The van der Waals surface area contributed by atoms with Crippen molar-refractivity contribution in [3.8, 4) is 5.88 Å². The Bertz CT molecular complexity index is 1030. The number of methoxy groups -OCH3 is 1. The number of aromatic nitrogens is 3. The SMILES string of the molecule is COc1n[nH]c2cc(NC(=O)N[C@@H]3CN(C)[C@@H](I(F)F)[C@H]3c3ccccc3)ncc12. The molecule has 8 nitrogen and oxygen atoms in total. The van der Waals surface area contributed by atoms with E-state index >= 15 is 0 Å². The molecule has 1 aliphatic heterocycles. The Balaban J connectivity index is 1.51. The second kappa shape index (κ2) is 8.68. The monoisotopic (exact) mass is 530 g/mol. The number of nitrogens with zero attached hydrogens (tertiary/aromatic N) is 3. The quantitative estimate of drug-likeness (QED) is 0.265. The number of likely N-dealkylation sites (N-methyl/N-ethyl adjacent to an activating group) is 1. The summed E-state index contributed by atoms with van der Waals surface area (Å²) < 4.78 is 32.1. The maximum absolute atomic E-state index is 13.9. The summed E-state index contributed by atoms with van der Waals surface area (Å²) in [5.74, 6) is 0.264. The van der Waals surface area contributed by atoms with Gasteiger partial charge in [-0.05, 0) is 0 Å². The number of aromatic amines is 1. The topological polar surface area (TPSA) is 95.2 Å². The van der Waals surface area contributed by atoms with Crippen LogP contribution in [0.2, 0.25) is 0 Å². The number of nitrogens with one attached hydrogen (secondary N) is 3. The van der Waals surface area contributed by atoms with Crippen LogP contribution in [0.5, 0.6) is 5.88 Å². The molecular weight excluding hydrogens is 509 g/mol. The number of benzene rings is 1. The van der Waals surface area contributed by atoms with Crippen molar-refractivity contribution in [2.24, 2.45) is 0 Å². The zero-order chi connectivity index (χ0) is 21.3. The number of likely N-dealkylation sites (tertiary alicyclic amines) is 1. The number of amides is 2. The number of H-pyrrole nitrogens is 1. The van der Waals surface area contributed by atoms with Gasteiger partial charge in [0.05, 0.1) is 7.11 Å². The standard InChI is InChI=1S/C19H21F2IN6O2/c1-28-10-14(16(17(28)22(20)21)11-6-4-3-5-7-11)24-19(29)25-15-8-13-12(9-23-15)18(30-2)27-26-13/h3-9,14,16-17H,10H2,1-2H3,(H,26,27)(H2,23,24,25,29)/t14-,16+,17-/m1/s1. The number of carbonyl (C=O) groups excluding carboxylic acids is 1. The first-order valence-corrected chi connectivity index (χ1v) is 12.1. The second-order valence-electron chi connectivity index (χ2n) is 7.02. The van der Waals surface area contributed by atoms with E-state index in [-0.39, 0.29) is 0 Å². The summed E-state index contributed by atoms with van der Waals surface area (Å²) in [7, 11) is 3.19. The predicted octanol–water partition coefficient (Wildman–Crippen LogP) is 3.79. The molecule has 0 saturated carbocycles. The van der Waals surface area contributed by atoms with Crippen LogP contribution in [-0.2, 0) is 0 Å². The van der Waals surface area contributed by atoms with Crippen molar-refractivity contribution in [1.29, 1.82) is 0 Å². The van der Waals surface area contributed by atoms with E-state index in [0.29, 0.717) is 29.1 Å². The van der Waals surface area contributed by atoms with Gasteiger partial charge < -0.3 is 0 Å². The molecule has 3 heterocycles. The van der Waals surface area contributed by atoms with Gasteiger partial charge in [0.1, 0.15) is 0 Å². The Morgan fingerprint density at radius 1 is 1.33 bits per heavy atom. The van der Waals surface area contributed by atoms with Gasteiger partial charge in [-0.15, -0.1) is 0 Å². The fourth-order valence-corrected chi connectivity index (χ4v) is 6.30. The van der Waals surface area contributed by atoms with Gasteiger partial charge in [-0.1, -0.05) is 0 Å². The van der Waals surface area contributed by atoms with Crippen LogP contribution in [0.4, 0.5) is 16.3 Å². The van der Waals surface area contributed by atoms with Gasteiger partial charge in [-0.3, -0.25) is 0 Å². The van der Waals surface area contributed by atoms with E-state index in [1.54, 1.807) is 24.2 Å². The van der Waals surface area contributed by atoms with Crippen LogP contribution < -0.4 is 15.4 Å². The number of rotatable bonds is 5. The molecule has 0 aliphatic carbocycles. The van der Waals surface area contributed by atoms with Crippen LogP contribution in [0.25, 0.3) is 10.9 Å². The van der Waals surface area contributed by atoms with Gasteiger partial charge >= 0.3 is 173 Å². The van der Waals surface area contributed by atoms with Crippen molar-refractivity contribution in [1.82, 2.24) is 25.4 Å². The molecule has 3 N–H and O–H groups in total. The number of pyridine rings is 1. The number of hydrogen-bond acceptors (Lipinski definition) is 5. The number of ether oxygens (including phenoxy) is 1. The van der Waals surface area contributed by atoms with Gasteiger partial charge in [-0.25, -0.2) is 0 Å². The van der Waals surface area contributed by atoms with E-state index in [1.165, 1.54) is 7.11 Å². The van der Waals surface area contributed by atoms with Crippen molar-refractivity contribution in [2.45, 2.75) is 16.0 Å². The van der Waals surface area contributed by atoms with Crippen LogP contribution >= 0.6 is 21.0 Å². The van der Waals surface area contributed by atoms with Crippen molar-refractivity contribution >= 4 is 43.7 Å². The molecule has 0 unspecified atom stereocenters. The number of carbonyl (C=O) groups is 1.